The highest BCUT2D eigenvalue weighted by molar-refractivity contribution is 5.89. The maximum Gasteiger partial charge on any atom is 0.411 e. The van der Waals surface area contributed by atoms with Crippen molar-refractivity contribution in [2.24, 2.45) is 0 Å². The lowest BCUT2D eigenvalue weighted by Gasteiger charge is -2.17. The summed E-state index contributed by atoms with van der Waals surface area (Å²) >= 11 is 0. The summed E-state index contributed by atoms with van der Waals surface area (Å²) in [4.78, 5) is 24.9. The van der Waals surface area contributed by atoms with E-state index in [2.05, 4.69) is 35.5 Å². The van der Waals surface area contributed by atoms with Gasteiger partial charge in [0.1, 0.15) is 13.2 Å². The summed E-state index contributed by atoms with van der Waals surface area (Å²) in [6.45, 7) is 2.03. The predicted octanol–water partition coefficient (Wildman–Crippen LogP) is 5.77. The van der Waals surface area contributed by atoms with Gasteiger partial charge in [0.2, 0.25) is 0 Å². The number of amides is 1. The van der Waals surface area contributed by atoms with Crippen LogP contribution in [-0.4, -0.2) is 25.3 Å². The van der Waals surface area contributed by atoms with E-state index in [1.165, 1.54) is 0 Å². The van der Waals surface area contributed by atoms with Crippen molar-refractivity contribution in [2.75, 3.05) is 18.5 Å². The molecular formula is C28H25NO5. The second-order valence-corrected chi connectivity index (χ2v) is 7.80. The van der Waals surface area contributed by atoms with Crippen molar-refractivity contribution >= 4 is 17.7 Å². The second kappa shape index (κ2) is 10.6. The van der Waals surface area contributed by atoms with Crippen molar-refractivity contribution in [1.82, 2.24) is 0 Å². The van der Waals surface area contributed by atoms with E-state index in [1.807, 2.05) is 31.2 Å². The highest BCUT2D eigenvalue weighted by Gasteiger charge is 2.29. The molecule has 0 heterocycles. The monoisotopic (exact) mass is 455 g/mol. The lowest BCUT2D eigenvalue weighted by Crippen LogP contribution is -2.19. The van der Waals surface area contributed by atoms with Gasteiger partial charge in [0.15, 0.2) is 11.5 Å². The third kappa shape index (κ3) is 4.89. The van der Waals surface area contributed by atoms with E-state index in [4.69, 9.17) is 20.6 Å². The molecule has 1 aliphatic carbocycles. The van der Waals surface area contributed by atoms with Gasteiger partial charge in [0.25, 0.3) is 0 Å². The molecule has 6 heteroatoms. The number of nitrogens with one attached hydrogen (secondary N) is 1. The molecule has 172 valence electrons. The van der Waals surface area contributed by atoms with Crippen molar-refractivity contribution in [3.05, 3.63) is 77.9 Å². The van der Waals surface area contributed by atoms with Gasteiger partial charge in [0, 0.05) is 12.3 Å². The third-order valence-electron chi connectivity index (χ3n) is 5.54. The van der Waals surface area contributed by atoms with Crippen molar-refractivity contribution < 1.29 is 23.8 Å². The summed E-state index contributed by atoms with van der Waals surface area (Å²) in [6.07, 6.45) is 5.48. The Hall–Kier alpha value is -4.24. The first-order chi connectivity index (χ1) is 16.6. The topological polar surface area (TPSA) is 73.9 Å². The number of terminal acetylenes is 1. The first kappa shape index (κ1) is 22.9. The Kier molecular flexibility index (Phi) is 7.14. The summed E-state index contributed by atoms with van der Waals surface area (Å²) in [5, 5.41) is 2.68. The summed E-state index contributed by atoms with van der Waals surface area (Å²) in [7, 11) is 0. The minimum Gasteiger partial charge on any atom is -0.477 e. The minimum atomic E-state index is -0.663. The van der Waals surface area contributed by atoms with Crippen LogP contribution in [0.4, 0.5) is 10.5 Å². The average molecular weight is 456 g/mol. The fourth-order valence-electron chi connectivity index (χ4n) is 4.07. The van der Waals surface area contributed by atoms with E-state index in [0.717, 1.165) is 22.3 Å². The van der Waals surface area contributed by atoms with Crippen LogP contribution >= 0.6 is 0 Å². The van der Waals surface area contributed by atoms with Gasteiger partial charge in [-0.05, 0) is 40.8 Å². The molecule has 0 aliphatic heterocycles. The van der Waals surface area contributed by atoms with Crippen LogP contribution < -0.4 is 14.8 Å². The lowest BCUT2D eigenvalue weighted by molar-refractivity contribution is -0.134. The Balaban J connectivity index is 1.50. The Labute approximate surface area is 198 Å². The highest BCUT2D eigenvalue weighted by atomic mass is 16.6. The van der Waals surface area contributed by atoms with Crippen LogP contribution in [0.15, 0.2) is 66.7 Å². The summed E-state index contributed by atoms with van der Waals surface area (Å²) < 4.78 is 16.6. The van der Waals surface area contributed by atoms with Crippen molar-refractivity contribution in [2.45, 2.75) is 25.7 Å². The fraction of sp³-hybridized carbons (Fsp3) is 0.214. The molecular weight excluding hydrogens is 430 g/mol. The fourth-order valence-corrected chi connectivity index (χ4v) is 4.07. The number of esters is 1. The van der Waals surface area contributed by atoms with Crippen LogP contribution in [0.2, 0.25) is 0 Å². The molecule has 0 bridgehead atoms. The van der Waals surface area contributed by atoms with Gasteiger partial charge in [-0.1, -0.05) is 67.4 Å². The van der Waals surface area contributed by atoms with Crippen molar-refractivity contribution in [1.29, 1.82) is 0 Å². The van der Waals surface area contributed by atoms with Gasteiger partial charge >= 0.3 is 12.1 Å². The summed E-state index contributed by atoms with van der Waals surface area (Å²) in [5.41, 5.74) is 4.80. The van der Waals surface area contributed by atoms with E-state index >= 15 is 0 Å². The Morgan fingerprint density at radius 3 is 2.29 bits per heavy atom. The predicted molar refractivity (Wildman–Crippen MR) is 130 cm³/mol. The molecule has 0 saturated heterocycles. The molecule has 1 N–H and O–H groups in total. The molecule has 0 aromatic heterocycles. The largest absolute Gasteiger partial charge is 0.477 e. The number of para-hydroxylation sites is 1. The number of rotatable bonds is 8. The quantitative estimate of drug-likeness (QED) is 0.265. The van der Waals surface area contributed by atoms with E-state index in [0.29, 0.717) is 6.42 Å². The number of hydrogen-bond acceptors (Lipinski definition) is 5. The molecule has 34 heavy (non-hydrogen) atoms. The Bertz CT molecular complexity index is 1200. The molecule has 3 aromatic rings. The van der Waals surface area contributed by atoms with Gasteiger partial charge in [-0.2, -0.15) is 0 Å². The van der Waals surface area contributed by atoms with Crippen LogP contribution in [0, 0.1) is 12.3 Å². The second-order valence-electron chi connectivity index (χ2n) is 7.80. The van der Waals surface area contributed by atoms with Gasteiger partial charge in [-0.25, -0.2) is 4.79 Å². The molecule has 1 amide bonds. The number of ether oxygens (including phenoxy) is 3. The molecule has 6 nitrogen and oxygen atoms in total. The van der Waals surface area contributed by atoms with Crippen LogP contribution in [0.5, 0.6) is 11.5 Å². The smallest absolute Gasteiger partial charge is 0.411 e. The zero-order valence-electron chi connectivity index (χ0n) is 18.9. The molecule has 3 aromatic carbocycles. The summed E-state index contributed by atoms with van der Waals surface area (Å²) in [5.74, 6) is 2.24. The maximum absolute atomic E-state index is 12.7. The SMILES string of the molecule is C#CCOc1cccc(NC(=O)OCC2c3ccccc3-c3ccccc32)c1OC(=O)CCC. The number of benzene rings is 3. The van der Waals surface area contributed by atoms with Crippen LogP contribution in [-0.2, 0) is 9.53 Å². The van der Waals surface area contributed by atoms with Crippen molar-refractivity contribution in [3.8, 4) is 35.0 Å². The number of anilines is 1. The molecule has 4 rings (SSSR count). The Morgan fingerprint density at radius 1 is 0.971 bits per heavy atom. The van der Waals surface area contributed by atoms with Crippen molar-refractivity contribution in [3.63, 3.8) is 0 Å². The van der Waals surface area contributed by atoms with Gasteiger partial charge in [0.05, 0.1) is 5.69 Å². The maximum atomic E-state index is 12.7. The van der Waals surface area contributed by atoms with Crippen LogP contribution in [0.1, 0.15) is 36.8 Å². The lowest BCUT2D eigenvalue weighted by atomic mass is 9.98. The first-order valence-corrected chi connectivity index (χ1v) is 11.1. The molecule has 0 spiro atoms. The van der Waals surface area contributed by atoms with Gasteiger partial charge in [-0.15, -0.1) is 6.42 Å². The molecule has 0 fully saturated rings. The van der Waals surface area contributed by atoms with Gasteiger partial charge < -0.3 is 14.2 Å². The minimum absolute atomic E-state index is 0.00722. The molecule has 0 saturated carbocycles. The average Bonchev–Trinajstić information content (AvgIpc) is 3.17. The molecule has 0 unspecified atom stereocenters. The van der Waals surface area contributed by atoms with E-state index in [9.17, 15) is 9.59 Å². The first-order valence-electron chi connectivity index (χ1n) is 11.1. The van der Waals surface area contributed by atoms with Gasteiger partial charge in [-0.3, -0.25) is 10.1 Å². The highest BCUT2D eigenvalue weighted by Crippen LogP contribution is 2.44. The van der Waals surface area contributed by atoms with E-state index < -0.39 is 12.1 Å². The standard InChI is InChI=1S/C28H25NO5/c1-3-10-26(30)34-27-24(15-9-16-25(27)32-17-4-2)29-28(31)33-18-23-21-13-7-5-11-19(21)20-12-6-8-14-22(20)23/h2,5-9,11-16,23H,3,10,17-18H2,1H3,(H,29,31). The zero-order valence-corrected chi connectivity index (χ0v) is 18.9. The summed E-state index contributed by atoms with van der Waals surface area (Å²) in [6, 6.07) is 21.1. The van der Waals surface area contributed by atoms with Crippen LogP contribution in [0.25, 0.3) is 11.1 Å². The Morgan fingerprint density at radius 2 is 1.65 bits per heavy atom. The number of fused-ring (bicyclic) bond motifs is 3. The van der Waals surface area contributed by atoms with Crippen LogP contribution in [0.3, 0.4) is 0 Å². The zero-order chi connectivity index (χ0) is 23.9. The molecule has 0 radical (unpaired) electrons. The van der Waals surface area contributed by atoms with E-state index in [-0.39, 0.29) is 42.7 Å². The third-order valence-corrected chi connectivity index (χ3v) is 5.54. The van der Waals surface area contributed by atoms with E-state index in [1.54, 1.807) is 18.2 Å². The number of carbonyl (C=O) groups excluding carboxylic acids is 2. The molecule has 0 atom stereocenters. The molecule has 1 aliphatic rings. The number of hydrogen-bond donors (Lipinski definition) is 1. The number of carbonyl (C=O) groups is 2. The normalized spacial score (nSPS) is 11.6.